The highest BCUT2D eigenvalue weighted by atomic mass is 19.4. The third kappa shape index (κ3) is 10.7. The van der Waals surface area contributed by atoms with Crippen molar-refractivity contribution < 1.29 is 65.6 Å². The summed E-state index contributed by atoms with van der Waals surface area (Å²) in [5.41, 5.74) is 7.24. The lowest BCUT2D eigenvalue weighted by atomic mass is 10.0. The molecule has 0 saturated carbocycles. The van der Waals surface area contributed by atoms with E-state index in [4.69, 9.17) is 15.2 Å². The molecule has 3 atom stereocenters. The molecule has 4 rings (SSSR count). The first-order valence-corrected chi connectivity index (χ1v) is 14.6. The number of hydrogen-bond donors (Lipinski definition) is 3. The molecule has 50 heavy (non-hydrogen) atoms. The number of carboxylic acid groups (broad SMARTS) is 2. The second-order valence-corrected chi connectivity index (χ2v) is 11.0. The molecule has 0 aromatic heterocycles. The summed E-state index contributed by atoms with van der Waals surface area (Å²) in [6, 6.07) is 14.3. The Hall–Kier alpha value is -5.64. The number of ether oxygens (including phenoxy) is 2. The van der Waals surface area contributed by atoms with E-state index >= 15 is 0 Å². The zero-order valence-corrected chi connectivity index (χ0v) is 26.4. The summed E-state index contributed by atoms with van der Waals surface area (Å²) >= 11 is 0. The average Bonchev–Trinajstić information content (AvgIpc) is 3.17. The molecule has 4 N–H and O–H groups in total. The minimum absolute atomic E-state index is 0.0332. The summed E-state index contributed by atoms with van der Waals surface area (Å²) in [7, 11) is 0. The maximum absolute atomic E-state index is 13.8. The SMILES string of the molecule is Cc1ccc(C(=O)O[C@@H](C(=O)O)[C@@H](OC(=O)c2ccc(C)cc2)C(=O)O)cc1.N[C@@H]1CC=C(c2cccc(F)c2F)CN(CC(F)(F)F)C1=O. The Morgan fingerprint density at radius 1 is 0.840 bits per heavy atom. The fourth-order valence-electron chi connectivity index (χ4n) is 4.48. The van der Waals surface area contributed by atoms with Gasteiger partial charge in [0.2, 0.25) is 18.1 Å². The molecule has 11 nitrogen and oxygen atoms in total. The van der Waals surface area contributed by atoms with Crippen LogP contribution in [0.2, 0.25) is 0 Å². The van der Waals surface area contributed by atoms with Crippen molar-refractivity contribution in [2.24, 2.45) is 5.73 Å². The molecular formula is C34H31F5N2O9. The highest BCUT2D eigenvalue weighted by Gasteiger charge is 2.41. The van der Waals surface area contributed by atoms with Gasteiger partial charge in [-0.05, 0) is 56.2 Å². The number of halogens is 5. The Bertz CT molecular complexity index is 1680. The molecule has 0 saturated heterocycles. The highest BCUT2D eigenvalue weighted by Crippen LogP contribution is 2.27. The lowest BCUT2D eigenvalue weighted by molar-refractivity contribution is -0.166. The normalized spacial score (nSPS) is 15.8. The molecule has 16 heteroatoms. The lowest BCUT2D eigenvalue weighted by Gasteiger charge is -2.25. The minimum atomic E-state index is -4.61. The number of benzene rings is 3. The van der Waals surface area contributed by atoms with Crippen LogP contribution in [0.5, 0.6) is 0 Å². The Kier molecular flexibility index (Phi) is 12.9. The molecule has 1 aliphatic rings. The van der Waals surface area contributed by atoms with Crippen molar-refractivity contribution in [3.05, 3.63) is 112 Å². The highest BCUT2D eigenvalue weighted by molar-refractivity contribution is 5.95. The third-order valence-electron chi connectivity index (χ3n) is 7.08. The number of rotatable bonds is 9. The predicted octanol–water partition coefficient (Wildman–Crippen LogP) is 4.69. The number of carbonyl (C=O) groups excluding carboxylic acids is 3. The number of carboxylic acids is 2. The van der Waals surface area contributed by atoms with E-state index in [-0.39, 0.29) is 28.7 Å². The van der Waals surface area contributed by atoms with Gasteiger partial charge in [0.25, 0.3) is 0 Å². The molecule has 1 amide bonds. The molecule has 3 aromatic carbocycles. The molecule has 0 spiro atoms. The van der Waals surface area contributed by atoms with Crippen molar-refractivity contribution in [1.82, 2.24) is 4.90 Å². The summed E-state index contributed by atoms with van der Waals surface area (Å²) in [6.07, 6.45) is -7.72. The van der Waals surface area contributed by atoms with Crippen LogP contribution >= 0.6 is 0 Å². The van der Waals surface area contributed by atoms with Crippen molar-refractivity contribution in [2.45, 2.75) is 44.7 Å². The lowest BCUT2D eigenvalue weighted by Crippen LogP contribution is -2.46. The maximum Gasteiger partial charge on any atom is 0.406 e. The standard InChI is InChI=1S/C20H18O8.C14H13F5N2O/c1-11-3-7-13(8-4-11)19(25)27-15(17(21)22)16(18(23)24)28-20(26)14-9-5-12(2)6-10-14;15-10-3-1-2-9(12(10)16)8-4-5-11(20)13(22)21(6-8)7-14(17,18)19/h3-10,15-16H,1-2H3,(H,21,22)(H,23,24);1-4,11H,5-7,20H2/t15-,16-;11-/m11/s1. The van der Waals surface area contributed by atoms with Crippen LogP contribution in [0, 0.1) is 25.5 Å². The van der Waals surface area contributed by atoms with Gasteiger partial charge in [0, 0.05) is 12.1 Å². The molecule has 0 unspecified atom stereocenters. The van der Waals surface area contributed by atoms with E-state index in [1.807, 2.05) is 0 Å². The Morgan fingerprint density at radius 3 is 1.72 bits per heavy atom. The van der Waals surface area contributed by atoms with Gasteiger partial charge in [0.05, 0.1) is 17.2 Å². The number of amides is 1. The van der Waals surface area contributed by atoms with Crippen molar-refractivity contribution in [3.63, 3.8) is 0 Å². The summed E-state index contributed by atoms with van der Waals surface area (Å²) in [4.78, 5) is 59.7. The second-order valence-electron chi connectivity index (χ2n) is 11.0. The summed E-state index contributed by atoms with van der Waals surface area (Å²) < 4.78 is 74.4. The van der Waals surface area contributed by atoms with Gasteiger partial charge >= 0.3 is 30.1 Å². The quantitative estimate of drug-likeness (QED) is 0.209. The molecule has 266 valence electrons. The van der Waals surface area contributed by atoms with Gasteiger partial charge in [-0.3, -0.25) is 4.79 Å². The molecule has 3 aromatic rings. The van der Waals surface area contributed by atoms with Crippen molar-refractivity contribution >= 4 is 35.4 Å². The fraction of sp³-hybridized carbons (Fsp3) is 0.265. The zero-order chi connectivity index (χ0) is 37.3. The summed E-state index contributed by atoms with van der Waals surface area (Å²) in [5, 5.41) is 18.6. The maximum atomic E-state index is 13.8. The van der Waals surface area contributed by atoms with Crippen LogP contribution in [0.15, 0.2) is 72.8 Å². The molecule has 1 aliphatic heterocycles. The Morgan fingerprint density at radius 2 is 1.30 bits per heavy atom. The first kappa shape index (κ1) is 38.8. The first-order valence-electron chi connectivity index (χ1n) is 14.6. The fourth-order valence-corrected chi connectivity index (χ4v) is 4.48. The van der Waals surface area contributed by atoms with Crippen molar-refractivity contribution in [3.8, 4) is 0 Å². The van der Waals surface area contributed by atoms with E-state index in [0.29, 0.717) is 4.90 Å². The van der Waals surface area contributed by atoms with Gasteiger partial charge in [-0.15, -0.1) is 0 Å². The predicted molar refractivity (Wildman–Crippen MR) is 166 cm³/mol. The third-order valence-corrected chi connectivity index (χ3v) is 7.08. The van der Waals surface area contributed by atoms with Gasteiger partial charge < -0.3 is 30.3 Å². The molecule has 0 radical (unpaired) electrons. The van der Waals surface area contributed by atoms with Gasteiger partial charge in [0.1, 0.15) is 6.54 Å². The van der Waals surface area contributed by atoms with Gasteiger partial charge in [0.15, 0.2) is 11.6 Å². The van der Waals surface area contributed by atoms with E-state index in [9.17, 15) is 56.1 Å². The molecule has 0 bridgehead atoms. The Balaban J connectivity index is 0.000000278. The summed E-state index contributed by atoms with van der Waals surface area (Å²) in [6.45, 7) is 1.61. The second kappa shape index (κ2) is 16.6. The number of aliphatic carboxylic acids is 2. The van der Waals surface area contributed by atoms with Crippen molar-refractivity contribution in [2.75, 3.05) is 13.1 Å². The zero-order valence-electron chi connectivity index (χ0n) is 26.4. The van der Waals surface area contributed by atoms with Crippen LogP contribution in [0.25, 0.3) is 5.57 Å². The number of nitrogens with zero attached hydrogens (tertiary/aromatic N) is 1. The Labute approximate surface area is 281 Å². The van der Waals surface area contributed by atoms with Gasteiger partial charge in [-0.25, -0.2) is 28.0 Å². The van der Waals surface area contributed by atoms with Crippen LogP contribution in [0.3, 0.4) is 0 Å². The number of aryl methyl sites for hydroxylation is 2. The van der Waals surface area contributed by atoms with Crippen LogP contribution in [-0.4, -0.2) is 82.4 Å². The van der Waals surface area contributed by atoms with E-state index in [0.717, 1.165) is 17.2 Å². The number of hydrogen-bond acceptors (Lipinski definition) is 8. The van der Waals surface area contributed by atoms with Gasteiger partial charge in [-0.2, -0.15) is 13.2 Å². The minimum Gasteiger partial charge on any atom is -0.478 e. The van der Waals surface area contributed by atoms with Crippen LogP contribution in [0.1, 0.15) is 43.8 Å². The molecule has 0 fully saturated rings. The number of alkyl halides is 3. The molecule has 1 heterocycles. The van der Waals surface area contributed by atoms with E-state index in [2.05, 4.69) is 0 Å². The molecule has 0 aliphatic carbocycles. The topological polar surface area (TPSA) is 174 Å². The van der Waals surface area contributed by atoms with E-state index < -0.39 is 78.9 Å². The summed E-state index contributed by atoms with van der Waals surface area (Å²) in [5.74, 6) is -8.77. The number of nitrogens with two attached hydrogens (primary N) is 1. The van der Waals surface area contributed by atoms with E-state index in [1.165, 1.54) is 42.5 Å². The molecular weight excluding hydrogens is 675 g/mol. The van der Waals surface area contributed by atoms with E-state index in [1.54, 1.807) is 38.1 Å². The van der Waals surface area contributed by atoms with Crippen molar-refractivity contribution in [1.29, 1.82) is 0 Å². The number of carbonyl (C=O) groups is 5. The monoisotopic (exact) mass is 706 g/mol. The van der Waals surface area contributed by atoms with Crippen LogP contribution in [0.4, 0.5) is 22.0 Å². The smallest absolute Gasteiger partial charge is 0.406 e. The van der Waals surface area contributed by atoms with Crippen LogP contribution < -0.4 is 5.73 Å². The van der Waals surface area contributed by atoms with Crippen LogP contribution in [-0.2, 0) is 23.9 Å². The first-order chi connectivity index (χ1) is 23.4. The average molecular weight is 707 g/mol. The van der Waals surface area contributed by atoms with Gasteiger partial charge in [-0.1, -0.05) is 53.6 Å². The number of esters is 2. The largest absolute Gasteiger partial charge is 0.478 e.